The van der Waals surface area contributed by atoms with Crippen LogP contribution in [0.1, 0.15) is 62.0 Å². The number of hydrogen-bond donors (Lipinski definition) is 1. The fraction of sp³-hybridized carbons (Fsp3) is 0.846. The molecule has 1 aromatic heterocycles. The van der Waals surface area contributed by atoms with Crippen molar-refractivity contribution < 1.29 is 0 Å². The zero-order valence-corrected chi connectivity index (χ0v) is 11.7. The van der Waals surface area contributed by atoms with Crippen LogP contribution in [0.4, 0.5) is 0 Å². The Bertz CT molecular complexity index is 333. The van der Waals surface area contributed by atoms with Gasteiger partial charge in [0.25, 0.3) is 0 Å². The molecule has 0 radical (unpaired) electrons. The number of hydrogen-bond acceptors (Lipinski definition) is 4. The van der Waals surface area contributed by atoms with E-state index in [0.29, 0.717) is 6.04 Å². The molecule has 0 aromatic carbocycles. The maximum Gasteiger partial charge on any atom is 0.134 e. The molecule has 4 heteroatoms. The van der Waals surface area contributed by atoms with Gasteiger partial charge in [0.2, 0.25) is 0 Å². The highest BCUT2D eigenvalue weighted by atomic mass is 32.1. The summed E-state index contributed by atoms with van der Waals surface area (Å²) in [6.07, 6.45) is 7.61. The van der Waals surface area contributed by atoms with E-state index in [9.17, 15) is 0 Å². The topological polar surface area (TPSA) is 37.8 Å². The number of aromatic nitrogens is 2. The van der Waals surface area contributed by atoms with Crippen molar-refractivity contribution >= 4 is 11.3 Å². The number of nitrogens with zero attached hydrogens (tertiary/aromatic N) is 2. The summed E-state index contributed by atoms with van der Waals surface area (Å²) in [5.74, 6) is 0.888. The van der Waals surface area contributed by atoms with E-state index in [2.05, 4.69) is 29.4 Å². The molecule has 0 aliphatic heterocycles. The zero-order valence-electron chi connectivity index (χ0n) is 10.9. The standard InChI is InChI=1S/C13H23N3S/c1-3-8-14-11(4-2)13-16-15-12(17-13)9-10-6-5-7-10/h10-11,14H,3-9H2,1-2H3. The molecule has 1 aliphatic carbocycles. The Hall–Kier alpha value is -0.480. The molecule has 2 rings (SSSR count). The SMILES string of the molecule is CCCNC(CC)c1nnc(CC2CCC2)s1. The first-order valence-electron chi connectivity index (χ1n) is 6.89. The minimum atomic E-state index is 0.405. The maximum atomic E-state index is 4.36. The van der Waals surface area contributed by atoms with Crippen molar-refractivity contribution in [3.8, 4) is 0 Å². The molecule has 17 heavy (non-hydrogen) atoms. The second kappa shape index (κ2) is 6.45. The van der Waals surface area contributed by atoms with E-state index in [1.807, 2.05) is 11.3 Å². The molecule has 3 nitrogen and oxygen atoms in total. The summed E-state index contributed by atoms with van der Waals surface area (Å²) in [4.78, 5) is 0. The molecule has 1 fully saturated rings. The number of rotatable bonds is 7. The molecule has 1 unspecified atom stereocenters. The number of nitrogens with one attached hydrogen (secondary N) is 1. The van der Waals surface area contributed by atoms with Gasteiger partial charge in [0, 0.05) is 6.42 Å². The zero-order chi connectivity index (χ0) is 12.1. The average Bonchev–Trinajstić information content (AvgIpc) is 2.73. The van der Waals surface area contributed by atoms with Crippen LogP contribution in [0.3, 0.4) is 0 Å². The van der Waals surface area contributed by atoms with Gasteiger partial charge >= 0.3 is 0 Å². The first-order chi connectivity index (χ1) is 8.33. The predicted molar refractivity (Wildman–Crippen MR) is 72.3 cm³/mol. The first kappa shape index (κ1) is 13.0. The van der Waals surface area contributed by atoms with Gasteiger partial charge in [-0.25, -0.2) is 0 Å². The summed E-state index contributed by atoms with van der Waals surface area (Å²) in [5, 5.41) is 14.7. The summed E-state index contributed by atoms with van der Waals surface area (Å²) >= 11 is 1.81. The van der Waals surface area contributed by atoms with Crippen LogP contribution in [-0.2, 0) is 6.42 Å². The van der Waals surface area contributed by atoms with E-state index >= 15 is 0 Å². The van der Waals surface area contributed by atoms with Crippen molar-refractivity contribution in [3.05, 3.63) is 10.0 Å². The van der Waals surface area contributed by atoms with Gasteiger partial charge in [-0.05, 0) is 25.3 Å². The molecule has 0 amide bonds. The van der Waals surface area contributed by atoms with Crippen LogP contribution >= 0.6 is 11.3 Å². The van der Waals surface area contributed by atoms with Crippen molar-refractivity contribution in [3.63, 3.8) is 0 Å². The van der Waals surface area contributed by atoms with Gasteiger partial charge in [-0.3, -0.25) is 0 Å². The van der Waals surface area contributed by atoms with Gasteiger partial charge in [-0.15, -0.1) is 10.2 Å². The molecule has 1 heterocycles. The van der Waals surface area contributed by atoms with E-state index in [4.69, 9.17) is 0 Å². The average molecular weight is 253 g/mol. The normalized spacial score (nSPS) is 18.0. The largest absolute Gasteiger partial charge is 0.308 e. The minimum Gasteiger partial charge on any atom is -0.308 e. The molecule has 1 N–H and O–H groups in total. The molecule has 1 atom stereocenters. The third-order valence-electron chi connectivity index (χ3n) is 3.52. The van der Waals surface area contributed by atoms with E-state index < -0.39 is 0 Å². The van der Waals surface area contributed by atoms with Gasteiger partial charge in [0.1, 0.15) is 10.0 Å². The highest BCUT2D eigenvalue weighted by molar-refractivity contribution is 7.11. The summed E-state index contributed by atoms with van der Waals surface area (Å²) in [5.41, 5.74) is 0. The van der Waals surface area contributed by atoms with E-state index in [-0.39, 0.29) is 0 Å². The van der Waals surface area contributed by atoms with Gasteiger partial charge in [-0.1, -0.05) is 44.4 Å². The van der Waals surface area contributed by atoms with Gasteiger partial charge in [0.05, 0.1) is 6.04 Å². The highest BCUT2D eigenvalue weighted by Crippen LogP contribution is 2.31. The third-order valence-corrected chi connectivity index (χ3v) is 4.58. The summed E-state index contributed by atoms with van der Waals surface area (Å²) < 4.78 is 0. The Morgan fingerprint density at radius 1 is 1.35 bits per heavy atom. The molecule has 0 saturated heterocycles. The Balaban J connectivity index is 1.90. The Morgan fingerprint density at radius 2 is 2.18 bits per heavy atom. The van der Waals surface area contributed by atoms with Crippen molar-refractivity contribution in [2.75, 3.05) is 6.54 Å². The van der Waals surface area contributed by atoms with Crippen LogP contribution in [0.5, 0.6) is 0 Å². The molecule has 96 valence electrons. The highest BCUT2D eigenvalue weighted by Gasteiger charge is 2.21. The maximum absolute atomic E-state index is 4.36. The lowest BCUT2D eigenvalue weighted by atomic mass is 9.83. The minimum absolute atomic E-state index is 0.405. The Morgan fingerprint density at radius 3 is 2.76 bits per heavy atom. The summed E-state index contributed by atoms with van der Waals surface area (Å²) in [6, 6.07) is 0.405. The fourth-order valence-corrected chi connectivity index (χ4v) is 3.27. The van der Waals surface area contributed by atoms with E-state index in [1.165, 1.54) is 35.7 Å². The molecular weight excluding hydrogens is 230 g/mol. The lowest BCUT2D eigenvalue weighted by molar-refractivity contribution is 0.313. The van der Waals surface area contributed by atoms with Crippen LogP contribution in [-0.4, -0.2) is 16.7 Å². The van der Waals surface area contributed by atoms with Crippen molar-refractivity contribution in [1.29, 1.82) is 0 Å². The predicted octanol–water partition coefficient (Wildman–Crippen LogP) is 3.33. The quantitative estimate of drug-likeness (QED) is 0.810. The van der Waals surface area contributed by atoms with Crippen LogP contribution in [0.15, 0.2) is 0 Å². The Kier molecular flexibility index (Phi) is 4.92. The summed E-state index contributed by atoms with van der Waals surface area (Å²) in [7, 11) is 0. The van der Waals surface area contributed by atoms with Crippen LogP contribution in [0.25, 0.3) is 0 Å². The molecular formula is C13H23N3S. The van der Waals surface area contributed by atoms with Gasteiger partial charge in [-0.2, -0.15) is 0 Å². The van der Waals surface area contributed by atoms with Crippen LogP contribution < -0.4 is 5.32 Å². The molecule has 0 spiro atoms. The van der Waals surface area contributed by atoms with E-state index in [0.717, 1.165) is 25.3 Å². The third kappa shape index (κ3) is 3.49. The molecule has 0 bridgehead atoms. The second-order valence-electron chi connectivity index (χ2n) is 4.95. The molecule has 1 aliphatic rings. The Labute approximate surface area is 108 Å². The smallest absolute Gasteiger partial charge is 0.134 e. The second-order valence-corrected chi connectivity index (χ2v) is 6.04. The van der Waals surface area contributed by atoms with Crippen molar-refractivity contribution in [2.24, 2.45) is 5.92 Å². The molecule has 1 aromatic rings. The van der Waals surface area contributed by atoms with Gasteiger partial charge < -0.3 is 5.32 Å². The molecule has 1 saturated carbocycles. The summed E-state index contributed by atoms with van der Waals surface area (Å²) in [6.45, 7) is 5.47. The lowest BCUT2D eigenvalue weighted by Crippen LogP contribution is -2.21. The van der Waals surface area contributed by atoms with Gasteiger partial charge in [0.15, 0.2) is 0 Å². The van der Waals surface area contributed by atoms with Crippen LogP contribution in [0, 0.1) is 5.92 Å². The lowest BCUT2D eigenvalue weighted by Gasteiger charge is -2.23. The first-order valence-corrected chi connectivity index (χ1v) is 7.70. The van der Waals surface area contributed by atoms with Crippen LogP contribution in [0.2, 0.25) is 0 Å². The van der Waals surface area contributed by atoms with E-state index in [1.54, 1.807) is 0 Å². The van der Waals surface area contributed by atoms with Crippen molar-refractivity contribution in [1.82, 2.24) is 15.5 Å². The monoisotopic (exact) mass is 253 g/mol. The van der Waals surface area contributed by atoms with Crippen molar-refractivity contribution in [2.45, 2.75) is 58.4 Å². The fourth-order valence-electron chi connectivity index (χ4n) is 2.16.